The number of nitrogens with zero attached hydrogens (tertiary/aromatic N) is 3. The van der Waals surface area contributed by atoms with Crippen molar-refractivity contribution in [1.29, 1.82) is 0 Å². The highest BCUT2D eigenvalue weighted by atomic mass is 35.5. The summed E-state index contributed by atoms with van der Waals surface area (Å²) in [5, 5.41) is 8.65. The summed E-state index contributed by atoms with van der Waals surface area (Å²) in [5.74, 6) is 0. The van der Waals surface area contributed by atoms with Crippen LogP contribution in [0.1, 0.15) is 10.6 Å². The average Bonchev–Trinajstić information content (AvgIpc) is 3.11. The minimum Gasteiger partial charge on any atom is -0.306 e. The molecule has 3 rings (SSSR count). The third-order valence-electron chi connectivity index (χ3n) is 2.86. The number of thiazole rings is 1. The SMILES string of the molecule is Clc1cnc(CNCc2ccccc2-n2cccn2)s1. The minimum absolute atomic E-state index is 0.713. The average molecular weight is 305 g/mol. The zero-order chi connectivity index (χ0) is 13.8. The number of nitrogens with one attached hydrogen (secondary N) is 1. The minimum atomic E-state index is 0.713. The smallest absolute Gasteiger partial charge is 0.113 e. The number of halogens is 1. The van der Waals surface area contributed by atoms with Gasteiger partial charge in [0.25, 0.3) is 0 Å². The molecule has 0 radical (unpaired) electrons. The first-order valence-corrected chi connectivity index (χ1v) is 7.41. The Bertz CT molecular complexity index is 678. The molecule has 0 spiro atoms. The largest absolute Gasteiger partial charge is 0.306 e. The van der Waals surface area contributed by atoms with Crippen molar-refractivity contribution >= 4 is 22.9 Å². The van der Waals surface area contributed by atoms with E-state index in [-0.39, 0.29) is 0 Å². The van der Waals surface area contributed by atoms with E-state index in [1.807, 2.05) is 29.1 Å². The van der Waals surface area contributed by atoms with E-state index in [1.54, 1.807) is 12.4 Å². The predicted molar refractivity (Wildman–Crippen MR) is 81.2 cm³/mol. The summed E-state index contributed by atoms with van der Waals surface area (Å²) >= 11 is 7.36. The van der Waals surface area contributed by atoms with Crippen molar-refractivity contribution in [1.82, 2.24) is 20.1 Å². The summed E-state index contributed by atoms with van der Waals surface area (Å²) < 4.78 is 2.59. The highest BCUT2D eigenvalue weighted by molar-refractivity contribution is 7.15. The molecule has 1 N–H and O–H groups in total. The van der Waals surface area contributed by atoms with E-state index in [1.165, 1.54) is 16.9 Å². The highest BCUT2D eigenvalue weighted by Crippen LogP contribution is 2.18. The molecule has 0 saturated carbocycles. The zero-order valence-corrected chi connectivity index (χ0v) is 12.2. The van der Waals surface area contributed by atoms with E-state index in [9.17, 15) is 0 Å². The second-order valence-corrected chi connectivity index (χ2v) is 5.99. The Kier molecular flexibility index (Phi) is 4.11. The van der Waals surface area contributed by atoms with Gasteiger partial charge in [0.1, 0.15) is 9.34 Å². The van der Waals surface area contributed by atoms with E-state index in [0.29, 0.717) is 6.54 Å². The van der Waals surface area contributed by atoms with E-state index < -0.39 is 0 Å². The van der Waals surface area contributed by atoms with Gasteiger partial charge in [-0.3, -0.25) is 0 Å². The number of hydrogen-bond donors (Lipinski definition) is 1. The van der Waals surface area contributed by atoms with Crippen molar-refractivity contribution in [2.75, 3.05) is 0 Å². The molecule has 1 aromatic carbocycles. The lowest BCUT2D eigenvalue weighted by atomic mass is 10.2. The molecule has 0 fully saturated rings. The van der Waals surface area contributed by atoms with Gasteiger partial charge >= 0.3 is 0 Å². The molecule has 3 aromatic rings. The lowest BCUT2D eigenvalue weighted by Gasteiger charge is -2.09. The van der Waals surface area contributed by atoms with Gasteiger partial charge in [0.05, 0.1) is 11.9 Å². The van der Waals surface area contributed by atoms with Crippen LogP contribution in [0.3, 0.4) is 0 Å². The normalized spacial score (nSPS) is 10.8. The summed E-state index contributed by atoms with van der Waals surface area (Å²) in [4.78, 5) is 4.23. The maximum atomic E-state index is 5.87. The Morgan fingerprint density at radius 1 is 1.20 bits per heavy atom. The number of benzene rings is 1. The Morgan fingerprint density at radius 2 is 2.10 bits per heavy atom. The van der Waals surface area contributed by atoms with Crippen LogP contribution in [-0.2, 0) is 13.1 Å². The quantitative estimate of drug-likeness (QED) is 0.786. The fourth-order valence-electron chi connectivity index (χ4n) is 1.97. The summed E-state index contributed by atoms with van der Waals surface area (Å²) in [5.41, 5.74) is 2.28. The molecule has 2 heterocycles. The summed E-state index contributed by atoms with van der Waals surface area (Å²) in [7, 11) is 0. The van der Waals surface area contributed by atoms with Crippen molar-refractivity contribution in [2.45, 2.75) is 13.1 Å². The number of aromatic nitrogens is 3. The second kappa shape index (κ2) is 6.17. The summed E-state index contributed by atoms with van der Waals surface area (Å²) in [6, 6.07) is 10.1. The summed E-state index contributed by atoms with van der Waals surface area (Å²) in [6.45, 7) is 1.47. The third kappa shape index (κ3) is 3.07. The van der Waals surface area contributed by atoms with Gasteiger partial charge in [-0.05, 0) is 17.7 Å². The maximum absolute atomic E-state index is 5.87. The molecule has 0 aliphatic heterocycles. The number of hydrogen-bond acceptors (Lipinski definition) is 4. The first-order chi connectivity index (χ1) is 9.83. The van der Waals surface area contributed by atoms with Crippen LogP contribution in [0, 0.1) is 0 Å². The molecule has 0 unspecified atom stereocenters. The van der Waals surface area contributed by atoms with Crippen LogP contribution >= 0.6 is 22.9 Å². The monoisotopic (exact) mass is 304 g/mol. The van der Waals surface area contributed by atoms with Crippen molar-refractivity contribution in [3.8, 4) is 5.69 Å². The van der Waals surface area contributed by atoms with Gasteiger partial charge in [-0.2, -0.15) is 5.10 Å². The number of para-hydroxylation sites is 1. The van der Waals surface area contributed by atoms with Crippen LogP contribution in [-0.4, -0.2) is 14.8 Å². The maximum Gasteiger partial charge on any atom is 0.113 e. The van der Waals surface area contributed by atoms with Gasteiger partial charge in [0.2, 0.25) is 0 Å². The van der Waals surface area contributed by atoms with Crippen LogP contribution < -0.4 is 5.32 Å². The predicted octanol–water partition coefficient (Wildman–Crippen LogP) is 3.27. The molecule has 4 nitrogen and oxygen atoms in total. The lowest BCUT2D eigenvalue weighted by molar-refractivity contribution is 0.683. The van der Waals surface area contributed by atoms with Crippen molar-refractivity contribution in [3.05, 3.63) is 63.8 Å². The first kappa shape index (κ1) is 13.3. The van der Waals surface area contributed by atoms with Gasteiger partial charge in [0.15, 0.2) is 0 Å². The molecule has 20 heavy (non-hydrogen) atoms. The van der Waals surface area contributed by atoms with Gasteiger partial charge in [-0.25, -0.2) is 9.67 Å². The van der Waals surface area contributed by atoms with Gasteiger partial charge < -0.3 is 5.32 Å². The molecular weight excluding hydrogens is 292 g/mol. The Balaban J connectivity index is 1.68. The van der Waals surface area contributed by atoms with Crippen molar-refractivity contribution in [2.24, 2.45) is 0 Å². The van der Waals surface area contributed by atoms with Crippen LogP contribution in [0.4, 0.5) is 0 Å². The second-order valence-electron chi connectivity index (χ2n) is 4.24. The Morgan fingerprint density at radius 3 is 2.85 bits per heavy atom. The van der Waals surface area contributed by atoms with Crippen LogP contribution in [0.15, 0.2) is 48.9 Å². The fraction of sp³-hybridized carbons (Fsp3) is 0.143. The van der Waals surface area contributed by atoms with Crippen LogP contribution in [0.2, 0.25) is 4.34 Å². The van der Waals surface area contributed by atoms with E-state index in [0.717, 1.165) is 21.6 Å². The topological polar surface area (TPSA) is 42.7 Å². The molecule has 6 heteroatoms. The van der Waals surface area contributed by atoms with E-state index >= 15 is 0 Å². The van der Waals surface area contributed by atoms with Crippen molar-refractivity contribution < 1.29 is 0 Å². The fourth-order valence-corrected chi connectivity index (χ4v) is 2.90. The molecule has 0 aliphatic carbocycles. The molecule has 102 valence electrons. The Hall–Kier alpha value is -1.69. The van der Waals surface area contributed by atoms with Crippen molar-refractivity contribution in [3.63, 3.8) is 0 Å². The van der Waals surface area contributed by atoms with E-state index in [2.05, 4.69) is 27.5 Å². The summed E-state index contributed by atoms with van der Waals surface area (Å²) in [6.07, 6.45) is 5.40. The highest BCUT2D eigenvalue weighted by Gasteiger charge is 2.05. The zero-order valence-electron chi connectivity index (χ0n) is 10.7. The third-order valence-corrected chi connectivity index (χ3v) is 3.97. The van der Waals surface area contributed by atoms with Gasteiger partial charge in [-0.15, -0.1) is 11.3 Å². The number of rotatable bonds is 5. The molecule has 0 aliphatic rings. The molecule has 2 aromatic heterocycles. The Labute approximate surface area is 126 Å². The molecular formula is C14H13ClN4S. The van der Waals surface area contributed by atoms with Gasteiger partial charge in [0, 0.05) is 25.5 Å². The molecule has 0 bridgehead atoms. The van der Waals surface area contributed by atoms with Crippen LogP contribution in [0.25, 0.3) is 5.69 Å². The van der Waals surface area contributed by atoms with Crippen LogP contribution in [0.5, 0.6) is 0 Å². The molecule has 0 atom stereocenters. The van der Waals surface area contributed by atoms with E-state index in [4.69, 9.17) is 11.6 Å². The lowest BCUT2D eigenvalue weighted by Crippen LogP contribution is -2.14. The van der Waals surface area contributed by atoms with Gasteiger partial charge in [-0.1, -0.05) is 29.8 Å². The standard InChI is InChI=1S/C14H13ClN4S/c15-13-9-17-14(20-13)10-16-8-11-4-1-2-5-12(11)19-7-3-6-18-19/h1-7,9,16H,8,10H2. The first-order valence-electron chi connectivity index (χ1n) is 6.22. The molecule has 0 amide bonds. The molecule has 0 saturated heterocycles.